The van der Waals surface area contributed by atoms with E-state index in [9.17, 15) is 9.90 Å². The van der Waals surface area contributed by atoms with E-state index < -0.39 is 12.1 Å². The highest BCUT2D eigenvalue weighted by atomic mass is 16.3. The molecule has 0 aromatic rings. The van der Waals surface area contributed by atoms with Gasteiger partial charge in [0, 0.05) is 14.1 Å². The number of carbonyl (C=O) groups excluding carboxylic acids is 1. The minimum Gasteiger partial charge on any atom is -0.394 e. The summed E-state index contributed by atoms with van der Waals surface area (Å²) >= 11 is 0. The summed E-state index contributed by atoms with van der Waals surface area (Å²) in [6.45, 7) is 5.58. The highest BCUT2D eigenvalue weighted by Gasteiger charge is 2.26. The van der Waals surface area contributed by atoms with Gasteiger partial charge in [0.1, 0.15) is 0 Å². The Balaban J connectivity index is 4.26. The average molecular weight is 232 g/mol. The molecule has 0 unspecified atom stereocenters. The van der Waals surface area contributed by atoms with E-state index >= 15 is 0 Å². The summed E-state index contributed by atoms with van der Waals surface area (Å²) in [5.41, 5.74) is -0.254. The van der Waals surface area contributed by atoms with Crippen molar-refractivity contribution in [2.75, 3.05) is 20.7 Å². The molecule has 0 bridgehead atoms. The molecule has 2 atom stereocenters. The Labute approximate surface area is 97.4 Å². The lowest BCUT2D eigenvalue weighted by molar-refractivity contribution is 0.0400. The van der Waals surface area contributed by atoms with Crippen LogP contribution in [0.15, 0.2) is 0 Å². The van der Waals surface area contributed by atoms with Gasteiger partial charge in [-0.05, 0) is 11.8 Å². The van der Waals surface area contributed by atoms with Crippen LogP contribution in [0.1, 0.15) is 27.2 Å². The second kappa shape index (κ2) is 6.06. The van der Waals surface area contributed by atoms with Crippen molar-refractivity contribution < 1.29 is 15.0 Å². The Kier molecular flexibility index (Phi) is 5.75. The van der Waals surface area contributed by atoms with Crippen LogP contribution in [0.2, 0.25) is 0 Å². The number of hydrogen-bond donors (Lipinski definition) is 3. The zero-order valence-electron chi connectivity index (χ0n) is 10.8. The maximum absolute atomic E-state index is 11.4. The number of rotatable bonds is 4. The Morgan fingerprint density at radius 2 is 1.88 bits per heavy atom. The molecule has 16 heavy (non-hydrogen) atoms. The van der Waals surface area contributed by atoms with Crippen molar-refractivity contribution in [1.82, 2.24) is 10.2 Å². The first-order valence-corrected chi connectivity index (χ1v) is 5.45. The van der Waals surface area contributed by atoms with Gasteiger partial charge in [0.25, 0.3) is 0 Å². The smallest absolute Gasteiger partial charge is 0.317 e. The molecule has 3 N–H and O–H groups in total. The molecule has 0 aliphatic carbocycles. The van der Waals surface area contributed by atoms with Gasteiger partial charge in [-0.25, -0.2) is 4.79 Å². The summed E-state index contributed by atoms with van der Waals surface area (Å²) in [6.07, 6.45) is -0.216. The van der Waals surface area contributed by atoms with E-state index in [1.54, 1.807) is 14.1 Å². The predicted octanol–water partition coefficient (Wildman–Crippen LogP) is 0.416. The fourth-order valence-electron chi connectivity index (χ4n) is 1.11. The van der Waals surface area contributed by atoms with Crippen molar-refractivity contribution in [1.29, 1.82) is 0 Å². The molecule has 0 aliphatic rings. The third-order valence-electron chi connectivity index (χ3n) is 2.46. The average Bonchev–Trinajstić information content (AvgIpc) is 2.14. The van der Waals surface area contributed by atoms with Gasteiger partial charge in [0.05, 0.1) is 18.8 Å². The second-order valence-electron chi connectivity index (χ2n) is 5.34. The number of amides is 2. The van der Waals surface area contributed by atoms with E-state index in [4.69, 9.17) is 5.11 Å². The number of nitrogens with one attached hydrogen (secondary N) is 1. The van der Waals surface area contributed by atoms with Gasteiger partial charge in [-0.3, -0.25) is 0 Å². The SMILES string of the molecule is CN(C)C(=O)N[C@H](CO)C[C@@H](O)C(C)(C)C. The highest BCUT2D eigenvalue weighted by Crippen LogP contribution is 2.22. The quantitative estimate of drug-likeness (QED) is 0.657. The minimum absolute atomic E-state index is 0.174. The van der Waals surface area contributed by atoms with Crippen molar-refractivity contribution in [2.45, 2.75) is 39.3 Å². The first-order chi connectivity index (χ1) is 7.18. The number of hydrogen-bond acceptors (Lipinski definition) is 3. The first kappa shape index (κ1) is 15.2. The van der Waals surface area contributed by atoms with Crippen LogP contribution in [0.3, 0.4) is 0 Å². The third-order valence-corrected chi connectivity index (χ3v) is 2.46. The molecule has 0 aromatic carbocycles. The fraction of sp³-hybridized carbons (Fsp3) is 0.909. The van der Waals surface area contributed by atoms with Crippen LogP contribution in [-0.2, 0) is 0 Å². The molecule has 5 nitrogen and oxygen atoms in total. The molecule has 0 aliphatic heterocycles. The van der Waals surface area contributed by atoms with Crippen molar-refractivity contribution >= 4 is 6.03 Å². The maximum atomic E-state index is 11.4. The van der Waals surface area contributed by atoms with Crippen LogP contribution in [-0.4, -0.2) is 54.0 Å². The number of nitrogens with zero attached hydrogens (tertiary/aromatic N) is 1. The van der Waals surface area contributed by atoms with Crippen LogP contribution in [0.5, 0.6) is 0 Å². The van der Waals surface area contributed by atoms with Gasteiger partial charge < -0.3 is 20.4 Å². The van der Waals surface area contributed by atoms with E-state index in [-0.39, 0.29) is 18.1 Å². The van der Waals surface area contributed by atoms with E-state index in [1.165, 1.54) is 4.90 Å². The fourth-order valence-corrected chi connectivity index (χ4v) is 1.11. The van der Waals surface area contributed by atoms with Gasteiger partial charge in [-0.2, -0.15) is 0 Å². The third kappa shape index (κ3) is 5.32. The lowest BCUT2D eigenvalue weighted by atomic mass is 9.85. The number of carbonyl (C=O) groups is 1. The van der Waals surface area contributed by atoms with Crippen molar-refractivity contribution in [3.8, 4) is 0 Å². The molecule has 0 rings (SSSR count). The molecule has 0 saturated carbocycles. The van der Waals surface area contributed by atoms with Crippen LogP contribution in [0.25, 0.3) is 0 Å². The predicted molar refractivity (Wildman–Crippen MR) is 63.2 cm³/mol. The second-order valence-corrected chi connectivity index (χ2v) is 5.34. The van der Waals surface area contributed by atoms with Crippen molar-refractivity contribution in [3.63, 3.8) is 0 Å². The Bertz CT molecular complexity index is 224. The largest absolute Gasteiger partial charge is 0.394 e. The molecule has 0 fully saturated rings. The molecule has 0 saturated heterocycles. The lowest BCUT2D eigenvalue weighted by Gasteiger charge is -2.29. The molecule has 0 spiro atoms. The normalized spacial score (nSPS) is 15.4. The number of urea groups is 1. The topological polar surface area (TPSA) is 72.8 Å². The molecule has 0 heterocycles. The van der Waals surface area contributed by atoms with Crippen LogP contribution in [0, 0.1) is 5.41 Å². The van der Waals surface area contributed by atoms with Gasteiger partial charge in [-0.1, -0.05) is 20.8 Å². The molecule has 0 radical (unpaired) electrons. The van der Waals surface area contributed by atoms with E-state index in [0.29, 0.717) is 6.42 Å². The monoisotopic (exact) mass is 232 g/mol. The highest BCUT2D eigenvalue weighted by molar-refractivity contribution is 5.73. The summed E-state index contributed by atoms with van der Waals surface area (Å²) in [7, 11) is 3.26. The first-order valence-electron chi connectivity index (χ1n) is 5.45. The molecule has 5 heteroatoms. The zero-order chi connectivity index (χ0) is 12.9. The summed E-state index contributed by atoms with van der Waals surface area (Å²) in [4.78, 5) is 12.8. The van der Waals surface area contributed by atoms with E-state index in [1.807, 2.05) is 20.8 Å². The van der Waals surface area contributed by atoms with Crippen LogP contribution in [0.4, 0.5) is 4.79 Å². The Morgan fingerprint density at radius 3 is 2.19 bits per heavy atom. The summed E-state index contributed by atoms with van der Waals surface area (Å²) in [5.74, 6) is 0. The van der Waals surface area contributed by atoms with Crippen LogP contribution < -0.4 is 5.32 Å². The Morgan fingerprint density at radius 1 is 1.38 bits per heavy atom. The van der Waals surface area contributed by atoms with Crippen molar-refractivity contribution in [3.05, 3.63) is 0 Å². The standard InChI is InChI=1S/C11H24N2O3/c1-11(2,3)9(15)6-8(7-14)12-10(16)13(4)5/h8-9,14-15H,6-7H2,1-5H3,(H,12,16)/t8-,9+/m0/s1. The van der Waals surface area contributed by atoms with Gasteiger partial charge in [0.2, 0.25) is 0 Å². The zero-order valence-corrected chi connectivity index (χ0v) is 10.8. The summed E-state index contributed by atoms with van der Waals surface area (Å²) in [5, 5.41) is 21.6. The summed E-state index contributed by atoms with van der Waals surface area (Å²) in [6, 6.07) is -0.677. The van der Waals surface area contributed by atoms with E-state index in [0.717, 1.165) is 0 Å². The minimum atomic E-state index is -0.563. The molecule has 0 aromatic heterocycles. The molecule has 2 amide bonds. The molecular formula is C11H24N2O3. The number of aliphatic hydroxyl groups excluding tert-OH is 2. The van der Waals surface area contributed by atoms with Crippen molar-refractivity contribution in [2.24, 2.45) is 5.41 Å². The number of aliphatic hydroxyl groups is 2. The molecular weight excluding hydrogens is 208 g/mol. The lowest BCUT2D eigenvalue weighted by Crippen LogP contribution is -2.46. The van der Waals surface area contributed by atoms with Gasteiger partial charge in [0.15, 0.2) is 0 Å². The van der Waals surface area contributed by atoms with Gasteiger partial charge >= 0.3 is 6.03 Å². The van der Waals surface area contributed by atoms with Crippen LogP contribution >= 0.6 is 0 Å². The summed E-state index contributed by atoms with van der Waals surface area (Å²) < 4.78 is 0. The van der Waals surface area contributed by atoms with E-state index in [2.05, 4.69) is 5.32 Å². The maximum Gasteiger partial charge on any atom is 0.317 e. The molecule has 96 valence electrons. The Hall–Kier alpha value is -0.810. The van der Waals surface area contributed by atoms with Gasteiger partial charge in [-0.15, -0.1) is 0 Å².